The average molecular weight is 216 g/mol. The van der Waals surface area contributed by atoms with Gasteiger partial charge in [0.1, 0.15) is 0 Å². The molecule has 0 aromatic carbocycles. The zero-order chi connectivity index (χ0) is 10.8. The van der Waals surface area contributed by atoms with Crippen LogP contribution in [0.4, 0.5) is 5.95 Å². The lowest BCUT2D eigenvalue weighted by Gasteiger charge is -2.12. The third kappa shape index (κ3) is 1.69. The third-order valence-electron chi connectivity index (χ3n) is 1.43. The van der Waals surface area contributed by atoms with Crippen molar-refractivity contribution in [3.63, 3.8) is 0 Å². The van der Waals surface area contributed by atoms with Crippen LogP contribution in [0.15, 0.2) is 17.5 Å². The molecule has 0 saturated carbocycles. The quantitative estimate of drug-likeness (QED) is 0.416. The zero-order valence-electron chi connectivity index (χ0n) is 7.56. The first-order chi connectivity index (χ1) is 6.50. The lowest BCUT2D eigenvalue weighted by Crippen LogP contribution is -2.28. The van der Waals surface area contributed by atoms with Gasteiger partial charge in [0.15, 0.2) is 0 Å². The number of rotatable bonds is 3. The summed E-state index contributed by atoms with van der Waals surface area (Å²) < 4.78 is 24.9. The van der Waals surface area contributed by atoms with E-state index in [1.54, 1.807) is 0 Å². The molecule has 14 heavy (non-hydrogen) atoms. The minimum atomic E-state index is -3.66. The number of nitrogens with zero attached hydrogens (tertiary/aromatic N) is 6. The molecule has 1 aromatic heterocycles. The van der Waals surface area contributed by atoms with Crippen LogP contribution in [0.1, 0.15) is 0 Å². The van der Waals surface area contributed by atoms with E-state index in [0.29, 0.717) is 0 Å². The Bertz CT molecular complexity index is 468. The maximum Gasteiger partial charge on any atom is 0.308 e. The molecule has 0 saturated heterocycles. The summed E-state index contributed by atoms with van der Waals surface area (Å²) in [6, 6.07) is 0. The molecule has 76 valence electrons. The molecule has 0 unspecified atom stereocenters. The van der Waals surface area contributed by atoms with Crippen LogP contribution in [0.3, 0.4) is 0 Å². The highest BCUT2D eigenvalue weighted by molar-refractivity contribution is 7.87. The van der Waals surface area contributed by atoms with Crippen molar-refractivity contribution in [1.29, 1.82) is 0 Å². The van der Waals surface area contributed by atoms with Crippen molar-refractivity contribution in [2.45, 2.75) is 0 Å². The Hall–Kier alpha value is -1.57. The Morgan fingerprint density at radius 2 is 2.29 bits per heavy atom. The smallest absolute Gasteiger partial charge is 0.234 e. The maximum atomic E-state index is 11.6. The van der Waals surface area contributed by atoms with E-state index in [1.807, 2.05) is 0 Å². The molecule has 0 amide bonds. The van der Waals surface area contributed by atoms with Crippen LogP contribution in [-0.2, 0) is 10.2 Å². The second-order valence-corrected chi connectivity index (χ2v) is 4.52. The van der Waals surface area contributed by atoms with Crippen molar-refractivity contribution >= 4 is 16.2 Å². The first kappa shape index (κ1) is 10.5. The van der Waals surface area contributed by atoms with Gasteiger partial charge in [0.2, 0.25) is 5.95 Å². The Morgan fingerprint density at radius 1 is 1.64 bits per heavy atom. The molecule has 9 heteroatoms. The fourth-order valence-corrected chi connectivity index (χ4v) is 1.60. The number of hydrogen-bond acceptors (Lipinski definition) is 4. The summed E-state index contributed by atoms with van der Waals surface area (Å²) in [7, 11) is -0.923. The SMILES string of the molecule is CN(C)S(=O)(=O)n1ccnc1N=[N+]=[N-]. The first-order valence-electron chi connectivity index (χ1n) is 3.51. The summed E-state index contributed by atoms with van der Waals surface area (Å²) in [6.07, 6.45) is 2.45. The molecular formula is C5H8N6O2S. The predicted molar refractivity (Wildman–Crippen MR) is 49.0 cm³/mol. The van der Waals surface area contributed by atoms with E-state index in [-0.39, 0.29) is 5.95 Å². The lowest BCUT2D eigenvalue weighted by atomic mass is 11.0. The van der Waals surface area contributed by atoms with Gasteiger partial charge in [-0.05, 0) is 10.6 Å². The summed E-state index contributed by atoms with van der Waals surface area (Å²) in [4.78, 5) is 6.06. The van der Waals surface area contributed by atoms with Crippen molar-refractivity contribution in [2.24, 2.45) is 5.11 Å². The monoisotopic (exact) mass is 216 g/mol. The van der Waals surface area contributed by atoms with Crippen molar-refractivity contribution in [2.75, 3.05) is 14.1 Å². The van der Waals surface area contributed by atoms with Crippen LogP contribution in [0, 0.1) is 0 Å². The van der Waals surface area contributed by atoms with Gasteiger partial charge in [-0.1, -0.05) is 0 Å². The van der Waals surface area contributed by atoms with Crippen LogP contribution >= 0.6 is 0 Å². The summed E-state index contributed by atoms with van der Waals surface area (Å²) in [6.45, 7) is 0. The van der Waals surface area contributed by atoms with E-state index in [1.165, 1.54) is 26.5 Å². The van der Waals surface area contributed by atoms with Crippen molar-refractivity contribution in [3.8, 4) is 0 Å². The average Bonchev–Trinajstić information content (AvgIpc) is 2.53. The van der Waals surface area contributed by atoms with Crippen LogP contribution in [0.5, 0.6) is 0 Å². The van der Waals surface area contributed by atoms with E-state index in [0.717, 1.165) is 8.28 Å². The molecule has 8 nitrogen and oxygen atoms in total. The topological polar surface area (TPSA) is 104 Å². The second kappa shape index (κ2) is 3.66. The van der Waals surface area contributed by atoms with Gasteiger partial charge < -0.3 is 0 Å². The van der Waals surface area contributed by atoms with E-state index in [4.69, 9.17) is 5.53 Å². The van der Waals surface area contributed by atoms with Gasteiger partial charge in [-0.25, -0.2) is 8.96 Å². The summed E-state index contributed by atoms with van der Waals surface area (Å²) in [5, 5.41) is 3.14. The molecule has 0 aliphatic rings. The molecule has 1 heterocycles. The van der Waals surface area contributed by atoms with Crippen molar-refractivity contribution < 1.29 is 8.42 Å². The zero-order valence-corrected chi connectivity index (χ0v) is 8.38. The fraction of sp³-hybridized carbons (Fsp3) is 0.400. The van der Waals surface area contributed by atoms with E-state index < -0.39 is 10.2 Å². The standard InChI is InChI=1S/C5H8N6O2S/c1-10(2)14(12,13)11-4-3-7-5(11)8-9-6/h3-4H,1-2H3. The molecule has 1 rings (SSSR count). The maximum absolute atomic E-state index is 11.6. The van der Waals surface area contributed by atoms with Gasteiger partial charge in [0, 0.05) is 31.4 Å². The summed E-state index contributed by atoms with van der Waals surface area (Å²) >= 11 is 0. The van der Waals surface area contributed by atoms with Crippen LogP contribution in [-0.4, -0.2) is 35.8 Å². The highest BCUT2D eigenvalue weighted by Gasteiger charge is 2.18. The summed E-state index contributed by atoms with van der Waals surface area (Å²) in [5.41, 5.74) is 8.16. The Kier molecular flexibility index (Phi) is 2.75. The first-order valence-corrected chi connectivity index (χ1v) is 4.91. The molecule has 0 spiro atoms. The van der Waals surface area contributed by atoms with Gasteiger partial charge in [0.05, 0.1) is 0 Å². The van der Waals surface area contributed by atoms with Gasteiger partial charge >= 0.3 is 10.2 Å². The van der Waals surface area contributed by atoms with Gasteiger partial charge in [-0.3, -0.25) is 0 Å². The predicted octanol–water partition coefficient (Wildman–Crippen LogP) is 0.479. The largest absolute Gasteiger partial charge is 0.308 e. The molecule has 0 aliphatic heterocycles. The third-order valence-corrected chi connectivity index (χ3v) is 3.14. The van der Waals surface area contributed by atoms with Crippen LogP contribution in [0.2, 0.25) is 0 Å². The highest BCUT2D eigenvalue weighted by atomic mass is 32.2. The molecule has 0 fully saturated rings. The number of imidazole rings is 1. The van der Waals surface area contributed by atoms with Gasteiger partial charge in [-0.15, -0.1) is 0 Å². The fourth-order valence-electron chi connectivity index (χ4n) is 0.750. The summed E-state index contributed by atoms with van der Waals surface area (Å²) in [5.74, 6) is -0.207. The molecule has 0 radical (unpaired) electrons. The van der Waals surface area contributed by atoms with Crippen LogP contribution < -0.4 is 0 Å². The Balaban J connectivity index is 3.33. The molecule has 1 aromatic rings. The minimum Gasteiger partial charge on any atom is -0.234 e. The number of hydrogen-bond donors (Lipinski definition) is 0. The van der Waals surface area contributed by atoms with Gasteiger partial charge in [0.25, 0.3) is 0 Å². The number of azide groups is 1. The Labute approximate surface area is 80.6 Å². The molecule has 0 N–H and O–H groups in total. The normalized spacial score (nSPS) is 11.4. The molecular weight excluding hydrogens is 208 g/mol. The van der Waals surface area contributed by atoms with Crippen LogP contribution in [0.25, 0.3) is 10.4 Å². The molecule has 0 aliphatic carbocycles. The number of aromatic nitrogens is 2. The highest BCUT2D eigenvalue weighted by Crippen LogP contribution is 2.13. The van der Waals surface area contributed by atoms with E-state index in [9.17, 15) is 8.42 Å². The van der Waals surface area contributed by atoms with E-state index >= 15 is 0 Å². The van der Waals surface area contributed by atoms with Crippen molar-refractivity contribution in [3.05, 3.63) is 22.8 Å². The van der Waals surface area contributed by atoms with E-state index in [2.05, 4.69) is 15.0 Å². The molecule has 0 atom stereocenters. The van der Waals surface area contributed by atoms with Gasteiger partial charge in [-0.2, -0.15) is 12.7 Å². The molecule has 0 bridgehead atoms. The minimum absolute atomic E-state index is 0.207. The lowest BCUT2D eigenvalue weighted by molar-refractivity contribution is 0.511. The van der Waals surface area contributed by atoms with Crippen molar-refractivity contribution in [1.82, 2.24) is 13.3 Å². The Morgan fingerprint density at radius 3 is 2.79 bits per heavy atom. The second-order valence-electron chi connectivity index (χ2n) is 2.50.